The van der Waals surface area contributed by atoms with Gasteiger partial charge in [0.15, 0.2) is 5.82 Å². The van der Waals surface area contributed by atoms with Crippen molar-refractivity contribution in [3.8, 4) is 0 Å². The number of carboxylic acids is 1. The van der Waals surface area contributed by atoms with Crippen LogP contribution in [0.5, 0.6) is 0 Å². The maximum Gasteiger partial charge on any atom is 0.335 e. The molecule has 9 heteroatoms. The van der Waals surface area contributed by atoms with E-state index in [2.05, 4.69) is 41.6 Å². The number of carbonyl (C=O) groups is 1. The first-order chi connectivity index (χ1) is 9.81. The van der Waals surface area contributed by atoms with E-state index < -0.39 is 16.0 Å². The maximum absolute atomic E-state index is 12.3. The van der Waals surface area contributed by atoms with E-state index in [9.17, 15) is 13.2 Å². The number of anilines is 1. The highest BCUT2D eigenvalue weighted by Crippen LogP contribution is 2.27. The number of sulfonamides is 1. The molecule has 2 N–H and O–H groups in total. The summed E-state index contributed by atoms with van der Waals surface area (Å²) in [6.45, 7) is 0. The minimum Gasteiger partial charge on any atom is -0.478 e. The molecule has 0 spiro atoms. The van der Waals surface area contributed by atoms with E-state index in [1.807, 2.05) is 0 Å². The molecule has 0 saturated carbocycles. The lowest BCUT2D eigenvalue weighted by Crippen LogP contribution is -2.15. The molecule has 21 heavy (non-hydrogen) atoms. The van der Waals surface area contributed by atoms with E-state index in [-0.39, 0.29) is 20.7 Å². The van der Waals surface area contributed by atoms with E-state index in [1.165, 1.54) is 24.4 Å². The Bertz CT molecular complexity index is 809. The molecule has 0 saturated heterocycles. The van der Waals surface area contributed by atoms with Gasteiger partial charge in [-0.3, -0.25) is 4.72 Å². The standard InChI is InChI=1S/C12H8Br2N2O4S/c13-8-2-1-5-15-11(8)16-21(19,20)10-4-3-7(12(17)18)6-9(10)14/h1-6H,(H,15,16)(H,17,18). The van der Waals surface area contributed by atoms with Crippen molar-refractivity contribution in [2.45, 2.75) is 4.90 Å². The van der Waals surface area contributed by atoms with Crippen LogP contribution in [0.4, 0.5) is 5.82 Å². The summed E-state index contributed by atoms with van der Waals surface area (Å²) in [6, 6.07) is 6.96. The van der Waals surface area contributed by atoms with E-state index in [1.54, 1.807) is 12.1 Å². The first-order valence-corrected chi connectivity index (χ1v) is 8.54. The number of aromatic carboxylic acids is 1. The zero-order chi connectivity index (χ0) is 15.6. The molecule has 0 bridgehead atoms. The number of aromatic nitrogens is 1. The largest absolute Gasteiger partial charge is 0.478 e. The molecule has 0 atom stereocenters. The Morgan fingerprint density at radius 2 is 1.90 bits per heavy atom. The van der Waals surface area contributed by atoms with Gasteiger partial charge < -0.3 is 5.11 Å². The lowest BCUT2D eigenvalue weighted by molar-refractivity contribution is 0.0696. The highest BCUT2D eigenvalue weighted by atomic mass is 79.9. The van der Waals surface area contributed by atoms with Gasteiger partial charge >= 0.3 is 5.97 Å². The molecule has 110 valence electrons. The number of rotatable bonds is 4. The van der Waals surface area contributed by atoms with Crippen molar-refractivity contribution in [1.29, 1.82) is 0 Å². The van der Waals surface area contributed by atoms with Crippen LogP contribution in [0.2, 0.25) is 0 Å². The molecular weight excluding hydrogens is 428 g/mol. The van der Waals surface area contributed by atoms with E-state index in [0.29, 0.717) is 4.47 Å². The predicted octanol–water partition coefficient (Wildman–Crippen LogP) is 3.11. The van der Waals surface area contributed by atoms with Gasteiger partial charge in [0.1, 0.15) is 4.90 Å². The summed E-state index contributed by atoms with van der Waals surface area (Å²) in [6.07, 6.45) is 1.45. The van der Waals surface area contributed by atoms with Gasteiger partial charge in [-0.25, -0.2) is 18.2 Å². The van der Waals surface area contributed by atoms with Crippen molar-refractivity contribution >= 4 is 53.7 Å². The van der Waals surface area contributed by atoms with Gasteiger partial charge in [0, 0.05) is 10.7 Å². The molecule has 1 heterocycles. The molecule has 0 aliphatic carbocycles. The molecular formula is C12H8Br2N2O4S. The number of pyridine rings is 1. The van der Waals surface area contributed by atoms with Crippen LogP contribution >= 0.6 is 31.9 Å². The quantitative estimate of drug-likeness (QED) is 0.768. The monoisotopic (exact) mass is 434 g/mol. The van der Waals surface area contributed by atoms with Crippen LogP contribution < -0.4 is 4.72 Å². The van der Waals surface area contributed by atoms with Crippen molar-refractivity contribution in [3.63, 3.8) is 0 Å². The number of nitrogens with zero attached hydrogens (tertiary/aromatic N) is 1. The first-order valence-electron chi connectivity index (χ1n) is 5.47. The molecule has 0 aliphatic rings. The van der Waals surface area contributed by atoms with Crippen molar-refractivity contribution in [2.75, 3.05) is 4.72 Å². The fraction of sp³-hybridized carbons (Fsp3) is 0. The third-order valence-corrected chi connectivity index (χ3v) is 5.41. The molecule has 1 aromatic carbocycles. The first kappa shape index (κ1) is 15.9. The van der Waals surface area contributed by atoms with Crippen molar-refractivity contribution in [1.82, 2.24) is 4.98 Å². The third kappa shape index (κ3) is 3.60. The average molecular weight is 436 g/mol. The molecule has 0 aliphatic heterocycles. The number of nitrogens with one attached hydrogen (secondary N) is 1. The number of hydrogen-bond acceptors (Lipinski definition) is 4. The average Bonchev–Trinajstić information content (AvgIpc) is 2.40. The van der Waals surface area contributed by atoms with Crippen LogP contribution in [0, 0.1) is 0 Å². The van der Waals surface area contributed by atoms with Crippen molar-refractivity contribution in [3.05, 3.63) is 51.0 Å². The van der Waals surface area contributed by atoms with Crippen molar-refractivity contribution in [2.24, 2.45) is 0 Å². The Morgan fingerprint density at radius 1 is 1.19 bits per heavy atom. The van der Waals surface area contributed by atoms with Crippen LogP contribution in [0.3, 0.4) is 0 Å². The SMILES string of the molecule is O=C(O)c1ccc(S(=O)(=O)Nc2ncccc2Br)c(Br)c1. The Labute approximate surface area is 137 Å². The predicted molar refractivity (Wildman–Crippen MR) is 83.8 cm³/mol. The molecule has 2 rings (SSSR count). The molecule has 6 nitrogen and oxygen atoms in total. The van der Waals surface area contributed by atoms with E-state index in [0.717, 1.165) is 0 Å². The number of carboxylic acid groups (broad SMARTS) is 1. The van der Waals surface area contributed by atoms with E-state index >= 15 is 0 Å². The summed E-state index contributed by atoms with van der Waals surface area (Å²) in [5.74, 6) is -0.994. The number of benzene rings is 1. The summed E-state index contributed by atoms with van der Waals surface area (Å²) in [7, 11) is -3.89. The Kier molecular flexibility index (Phi) is 4.64. The fourth-order valence-electron chi connectivity index (χ4n) is 1.49. The maximum atomic E-state index is 12.3. The number of halogens is 2. The second-order valence-electron chi connectivity index (χ2n) is 3.89. The highest BCUT2D eigenvalue weighted by Gasteiger charge is 2.20. The van der Waals surface area contributed by atoms with Crippen LogP contribution in [0.1, 0.15) is 10.4 Å². The fourth-order valence-corrected chi connectivity index (χ4v) is 4.09. The number of hydrogen-bond donors (Lipinski definition) is 2. The molecule has 0 unspecified atom stereocenters. The van der Waals surface area contributed by atoms with Crippen molar-refractivity contribution < 1.29 is 18.3 Å². The van der Waals surface area contributed by atoms with Gasteiger partial charge in [-0.1, -0.05) is 0 Å². The normalized spacial score (nSPS) is 11.1. The zero-order valence-corrected chi connectivity index (χ0v) is 14.2. The van der Waals surface area contributed by atoms with Crippen LogP contribution in [0.25, 0.3) is 0 Å². The van der Waals surface area contributed by atoms with Gasteiger partial charge in [0.05, 0.1) is 10.0 Å². The molecule has 0 amide bonds. The highest BCUT2D eigenvalue weighted by molar-refractivity contribution is 9.11. The van der Waals surface area contributed by atoms with E-state index in [4.69, 9.17) is 5.11 Å². The van der Waals surface area contributed by atoms with Gasteiger partial charge in [0.25, 0.3) is 10.0 Å². The summed E-state index contributed by atoms with van der Waals surface area (Å²) in [4.78, 5) is 14.7. The van der Waals surface area contributed by atoms with Crippen LogP contribution in [0.15, 0.2) is 50.4 Å². The third-order valence-electron chi connectivity index (χ3n) is 2.46. The second-order valence-corrected chi connectivity index (χ2v) is 7.25. The Balaban J connectivity index is 2.41. The summed E-state index contributed by atoms with van der Waals surface area (Å²) >= 11 is 6.26. The minimum absolute atomic E-state index is 0.0140. The van der Waals surface area contributed by atoms with Gasteiger partial charge in [-0.15, -0.1) is 0 Å². The molecule has 1 aromatic heterocycles. The lowest BCUT2D eigenvalue weighted by atomic mass is 10.2. The van der Waals surface area contributed by atoms with Gasteiger partial charge in [-0.05, 0) is 62.2 Å². The summed E-state index contributed by atoms with van der Waals surface area (Å²) < 4.78 is 27.6. The summed E-state index contributed by atoms with van der Waals surface area (Å²) in [5, 5.41) is 8.87. The molecule has 0 radical (unpaired) electrons. The lowest BCUT2D eigenvalue weighted by Gasteiger charge is -2.10. The molecule has 0 fully saturated rings. The van der Waals surface area contributed by atoms with Gasteiger partial charge in [-0.2, -0.15) is 0 Å². The van der Waals surface area contributed by atoms with Crippen LogP contribution in [-0.2, 0) is 10.0 Å². The Morgan fingerprint density at radius 3 is 2.48 bits per heavy atom. The van der Waals surface area contributed by atoms with Crippen LogP contribution in [-0.4, -0.2) is 24.5 Å². The minimum atomic E-state index is -3.89. The zero-order valence-electron chi connectivity index (χ0n) is 10.2. The van der Waals surface area contributed by atoms with Gasteiger partial charge in [0.2, 0.25) is 0 Å². The molecule has 2 aromatic rings. The second kappa shape index (κ2) is 6.12. The summed E-state index contributed by atoms with van der Waals surface area (Å²) in [5.41, 5.74) is -0.0140. The topological polar surface area (TPSA) is 96.4 Å². The smallest absolute Gasteiger partial charge is 0.335 e. The Hall–Kier alpha value is -1.45.